The van der Waals surface area contributed by atoms with E-state index in [-0.39, 0.29) is 5.75 Å². The van der Waals surface area contributed by atoms with Crippen LogP contribution >= 0.6 is 0 Å². The molecule has 1 N–H and O–H groups in total. The van der Waals surface area contributed by atoms with Crippen molar-refractivity contribution in [2.24, 2.45) is 0 Å². The third kappa shape index (κ3) is 1.64. The van der Waals surface area contributed by atoms with Gasteiger partial charge in [-0.25, -0.2) is 0 Å². The molecule has 0 saturated carbocycles. The van der Waals surface area contributed by atoms with E-state index < -0.39 is 0 Å². The fourth-order valence-corrected chi connectivity index (χ4v) is 0.939. The molecule has 0 aliphatic carbocycles. The summed E-state index contributed by atoms with van der Waals surface area (Å²) in [5.74, 6) is 0.0331. The maximum Gasteiger partial charge on any atom is 0.133 e. The van der Waals surface area contributed by atoms with E-state index in [1.54, 1.807) is 12.1 Å². The van der Waals surface area contributed by atoms with Gasteiger partial charge >= 0.3 is 0 Å². The molecule has 0 unspecified atom stereocenters. The molecule has 0 aliphatic heterocycles. The Balaban J connectivity index is 3.16. The van der Waals surface area contributed by atoms with E-state index in [4.69, 9.17) is 10.4 Å². The summed E-state index contributed by atoms with van der Waals surface area (Å²) in [7, 11) is 0. The Bertz CT molecular complexity index is 347. The van der Waals surface area contributed by atoms with Crippen LogP contribution in [0.3, 0.4) is 0 Å². The molecule has 0 fully saturated rings. The van der Waals surface area contributed by atoms with Crippen molar-refractivity contribution >= 4 is 6.08 Å². The maximum atomic E-state index is 9.16. The van der Waals surface area contributed by atoms with Crippen LogP contribution in [0.2, 0.25) is 0 Å². The van der Waals surface area contributed by atoms with E-state index in [2.05, 4.69) is 0 Å². The van der Waals surface area contributed by atoms with Crippen LogP contribution in [-0.2, 0) is 0 Å². The minimum Gasteiger partial charge on any atom is -0.507 e. The first-order chi connectivity index (χ1) is 5.77. The summed E-state index contributed by atoms with van der Waals surface area (Å²) in [4.78, 5) is 0. The summed E-state index contributed by atoms with van der Waals surface area (Å²) in [5, 5.41) is 17.7. The lowest BCUT2D eigenvalue weighted by Crippen LogP contribution is -1.78. The van der Waals surface area contributed by atoms with Crippen molar-refractivity contribution in [2.75, 3.05) is 0 Å². The highest BCUT2D eigenvalue weighted by Crippen LogP contribution is 2.17. The van der Waals surface area contributed by atoms with E-state index >= 15 is 0 Å². The second-order valence-electron chi connectivity index (χ2n) is 2.39. The summed E-state index contributed by atoms with van der Waals surface area (Å²) in [6.07, 6.45) is 3.76. The van der Waals surface area contributed by atoms with Crippen molar-refractivity contribution in [3.05, 3.63) is 35.4 Å². The van der Waals surface area contributed by atoms with Crippen LogP contribution in [0, 0.1) is 11.3 Å². The first-order valence-electron chi connectivity index (χ1n) is 3.63. The van der Waals surface area contributed by atoms with Crippen molar-refractivity contribution in [3.8, 4) is 11.8 Å². The second-order valence-corrected chi connectivity index (χ2v) is 2.39. The molecular weight excluding hydrogens is 150 g/mol. The first kappa shape index (κ1) is 8.35. The zero-order valence-electron chi connectivity index (χ0n) is 6.78. The molecule has 0 spiro atoms. The quantitative estimate of drug-likeness (QED) is 0.683. The van der Waals surface area contributed by atoms with Gasteiger partial charge in [-0.3, -0.25) is 0 Å². The third-order valence-electron chi connectivity index (χ3n) is 1.50. The van der Waals surface area contributed by atoms with Crippen LogP contribution in [0.1, 0.15) is 18.1 Å². The number of phenolic OH excluding ortho intramolecular Hbond substituents is 1. The third-order valence-corrected chi connectivity index (χ3v) is 1.50. The lowest BCUT2D eigenvalue weighted by atomic mass is 10.1. The van der Waals surface area contributed by atoms with Crippen molar-refractivity contribution in [2.45, 2.75) is 6.92 Å². The Morgan fingerprint density at radius 1 is 1.50 bits per heavy atom. The number of nitriles is 1. The number of phenols is 1. The van der Waals surface area contributed by atoms with Crippen molar-refractivity contribution in [1.29, 1.82) is 5.26 Å². The van der Waals surface area contributed by atoms with Gasteiger partial charge in [-0.05, 0) is 24.6 Å². The lowest BCUT2D eigenvalue weighted by molar-refractivity contribution is 0.473. The number of hydrogen-bond donors (Lipinski definition) is 1. The fraction of sp³-hybridized carbons (Fsp3) is 0.100. The van der Waals surface area contributed by atoms with Crippen molar-refractivity contribution < 1.29 is 5.11 Å². The SMILES string of the molecule is C/C=C/c1ccc(O)c(C#N)c1. The summed E-state index contributed by atoms with van der Waals surface area (Å²) in [6.45, 7) is 1.90. The zero-order chi connectivity index (χ0) is 8.97. The molecule has 2 heteroatoms. The van der Waals surface area contributed by atoms with Gasteiger partial charge in [-0.15, -0.1) is 0 Å². The van der Waals surface area contributed by atoms with Crippen LogP contribution in [0.5, 0.6) is 5.75 Å². The normalized spacial score (nSPS) is 10.0. The van der Waals surface area contributed by atoms with Crippen molar-refractivity contribution in [3.63, 3.8) is 0 Å². The average Bonchev–Trinajstić information content (AvgIpc) is 2.09. The van der Waals surface area contributed by atoms with Crippen LogP contribution in [-0.4, -0.2) is 5.11 Å². The molecule has 1 rings (SSSR count). The molecule has 0 aliphatic rings. The minimum absolute atomic E-state index is 0.0331. The highest BCUT2D eigenvalue weighted by molar-refractivity contribution is 5.55. The summed E-state index contributed by atoms with van der Waals surface area (Å²) < 4.78 is 0. The van der Waals surface area contributed by atoms with Gasteiger partial charge in [0.15, 0.2) is 0 Å². The minimum atomic E-state index is 0.0331. The van der Waals surface area contributed by atoms with E-state index in [1.807, 2.05) is 25.1 Å². The van der Waals surface area contributed by atoms with E-state index in [1.165, 1.54) is 6.07 Å². The zero-order valence-corrected chi connectivity index (χ0v) is 6.78. The molecule has 1 aromatic carbocycles. The number of nitrogens with zero attached hydrogens (tertiary/aromatic N) is 1. The largest absolute Gasteiger partial charge is 0.507 e. The van der Waals surface area contributed by atoms with Gasteiger partial charge in [0.05, 0.1) is 5.56 Å². The van der Waals surface area contributed by atoms with Gasteiger partial charge in [0.25, 0.3) is 0 Å². The van der Waals surface area contributed by atoms with Gasteiger partial charge in [0.1, 0.15) is 11.8 Å². The van der Waals surface area contributed by atoms with E-state index in [9.17, 15) is 0 Å². The van der Waals surface area contributed by atoms with Gasteiger partial charge in [-0.1, -0.05) is 18.2 Å². The number of rotatable bonds is 1. The second kappa shape index (κ2) is 3.59. The van der Waals surface area contributed by atoms with Crippen LogP contribution in [0.25, 0.3) is 6.08 Å². The number of aromatic hydroxyl groups is 1. The van der Waals surface area contributed by atoms with Crippen molar-refractivity contribution in [1.82, 2.24) is 0 Å². The van der Waals surface area contributed by atoms with Crippen LogP contribution < -0.4 is 0 Å². The summed E-state index contributed by atoms with van der Waals surface area (Å²) >= 11 is 0. The molecule has 2 nitrogen and oxygen atoms in total. The first-order valence-corrected chi connectivity index (χ1v) is 3.63. The summed E-state index contributed by atoms with van der Waals surface area (Å²) in [5.41, 5.74) is 1.23. The van der Waals surface area contributed by atoms with Gasteiger partial charge in [-0.2, -0.15) is 5.26 Å². The Kier molecular flexibility index (Phi) is 2.49. The molecule has 60 valence electrons. The van der Waals surface area contributed by atoms with Crippen LogP contribution in [0.4, 0.5) is 0 Å². The van der Waals surface area contributed by atoms with Gasteiger partial charge in [0.2, 0.25) is 0 Å². The summed E-state index contributed by atoms with van der Waals surface area (Å²) in [6, 6.07) is 6.84. The Labute approximate surface area is 71.4 Å². The van der Waals surface area contributed by atoms with Gasteiger partial charge in [0, 0.05) is 0 Å². The average molecular weight is 159 g/mol. The number of hydrogen-bond acceptors (Lipinski definition) is 2. The fourth-order valence-electron chi connectivity index (χ4n) is 0.939. The lowest BCUT2D eigenvalue weighted by Gasteiger charge is -1.96. The topological polar surface area (TPSA) is 44.0 Å². The highest BCUT2D eigenvalue weighted by atomic mass is 16.3. The number of allylic oxidation sites excluding steroid dienone is 1. The molecule has 1 aromatic rings. The molecule has 0 saturated heterocycles. The van der Waals surface area contributed by atoms with Crippen LogP contribution in [0.15, 0.2) is 24.3 Å². The van der Waals surface area contributed by atoms with E-state index in [0.29, 0.717) is 5.56 Å². The molecule has 0 bridgehead atoms. The Morgan fingerprint density at radius 2 is 2.25 bits per heavy atom. The van der Waals surface area contributed by atoms with E-state index in [0.717, 1.165) is 5.56 Å². The predicted octanol–water partition coefficient (Wildman–Crippen LogP) is 2.30. The Hall–Kier alpha value is -1.75. The molecule has 0 radical (unpaired) electrons. The Morgan fingerprint density at radius 3 is 2.83 bits per heavy atom. The smallest absolute Gasteiger partial charge is 0.133 e. The standard InChI is InChI=1S/C10H9NO/c1-2-3-8-4-5-10(12)9(6-8)7-11/h2-6,12H,1H3/b3-2+. The molecular formula is C10H9NO. The molecule has 0 heterocycles. The monoisotopic (exact) mass is 159 g/mol. The molecule has 0 amide bonds. The highest BCUT2D eigenvalue weighted by Gasteiger charge is 1.98. The number of benzene rings is 1. The maximum absolute atomic E-state index is 9.16. The molecule has 12 heavy (non-hydrogen) atoms. The van der Waals surface area contributed by atoms with Gasteiger partial charge < -0.3 is 5.11 Å². The molecule has 0 atom stereocenters. The predicted molar refractivity (Wildman–Crippen MR) is 47.5 cm³/mol. The molecule has 0 aromatic heterocycles.